The minimum absolute atomic E-state index is 1.10. The second-order valence-corrected chi connectivity index (χ2v) is 6.68. The van der Waals surface area contributed by atoms with Gasteiger partial charge >= 0.3 is 0 Å². The van der Waals surface area contributed by atoms with Crippen molar-refractivity contribution in [3.05, 3.63) is 72.8 Å². The smallest absolute Gasteiger partial charge is 0.236 e. The van der Waals surface area contributed by atoms with E-state index in [0.717, 1.165) is 22.7 Å². The van der Waals surface area contributed by atoms with E-state index < -0.39 is 0 Å². The first-order valence-corrected chi connectivity index (χ1v) is 8.76. The summed E-state index contributed by atoms with van der Waals surface area (Å²) >= 11 is 0. The zero-order chi connectivity index (χ0) is 17.7. The van der Waals surface area contributed by atoms with Gasteiger partial charge in [0.2, 0.25) is 0 Å². The third-order valence-electron chi connectivity index (χ3n) is 5.12. The van der Waals surface area contributed by atoms with Crippen molar-refractivity contribution in [2.24, 2.45) is 14.1 Å². The molecule has 26 heavy (non-hydrogen) atoms. The van der Waals surface area contributed by atoms with Gasteiger partial charge in [-0.15, -0.1) is 0 Å². The number of aryl methyl sites for hydroxylation is 2. The van der Waals surface area contributed by atoms with Crippen LogP contribution < -0.4 is 9.13 Å². The van der Waals surface area contributed by atoms with Gasteiger partial charge in [0.05, 0.1) is 25.2 Å². The maximum atomic E-state index is 3.55. The van der Waals surface area contributed by atoms with Crippen molar-refractivity contribution in [2.45, 2.75) is 0 Å². The first-order chi connectivity index (χ1) is 12.7. The standard InChI is InChI=1S/C22H18N4/c1-25-19-12-5-3-10-17(19)23-21(25)15-8-7-9-16(14-15)22-24-18-11-4-6-13-20(18)26(22)2/h3-14H,1-2H3/p+2. The highest BCUT2D eigenvalue weighted by atomic mass is 15.1. The van der Waals surface area contributed by atoms with Gasteiger partial charge in [0.1, 0.15) is 0 Å². The van der Waals surface area contributed by atoms with E-state index in [1.165, 1.54) is 22.2 Å². The zero-order valence-corrected chi connectivity index (χ0v) is 14.8. The predicted molar refractivity (Wildman–Crippen MR) is 103 cm³/mol. The van der Waals surface area contributed by atoms with E-state index >= 15 is 0 Å². The summed E-state index contributed by atoms with van der Waals surface area (Å²) < 4.78 is 4.42. The molecular weight excluding hydrogens is 320 g/mol. The van der Waals surface area contributed by atoms with Gasteiger partial charge in [-0.25, -0.2) is 19.1 Å². The first kappa shape index (κ1) is 14.9. The van der Waals surface area contributed by atoms with Gasteiger partial charge in [0.15, 0.2) is 22.1 Å². The summed E-state index contributed by atoms with van der Waals surface area (Å²) in [5.41, 5.74) is 7.02. The molecule has 4 heteroatoms. The summed E-state index contributed by atoms with van der Waals surface area (Å²) in [5.74, 6) is 2.21. The van der Waals surface area contributed by atoms with E-state index in [1.807, 2.05) is 0 Å². The largest absolute Gasteiger partial charge is 0.287 e. The van der Waals surface area contributed by atoms with Crippen molar-refractivity contribution in [1.29, 1.82) is 0 Å². The fourth-order valence-corrected chi connectivity index (χ4v) is 3.75. The average molecular weight is 340 g/mol. The van der Waals surface area contributed by atoms with E-state index in [9.17, 15) is 0 Å². The minimum Gasteiger partial charge on any atom is -0.236 e. The highest BCUT2D eigenvalue weighted by molar-refractivity contribution is 5.77. The first-order valence-electron chi connectivity index (χ1n) is 8.76. The summed E-state index contributed by atoms with van der Waals surface area (Å²) in [5, 5.41) is 0. The van der Waals surface area contributed by atoms with Gasteiger partial charge < -0.3 is 0 Å². The number of benzene rings is 3. The third kappa shape index (κ3) is 2.15. The van der Waals surface area contributed by atoms with Crippen LogP contribution in [-0.4, -0.2) is 9.97 Å². The van der Waals surface area contributed by atoms with E-state index in [0.29, 0.717) is 0 Å². The fraction of sp³-hybridized carbons (Fsp3) is 0.0909. The van der Waals surface area contributed by atoms with E-state index in [-0.39, 0.29) is 0 Å². The number of H-pyrrole nitrogens is 2. The molecule has 2 N–H and O–H groups in total. The highest BCUT2D eigenvalue weighted by Gasteiger charge is 2.20. The Hall–Kier alpha value is -3.40. The van der Waals surface area contributed by atoms with Crippen LogP contribution >= 0.6 is 0 Å². The molecule has 126 valence electrons. The Labute approximate surface area is 151 Å². The summed E-state index contributed by atoms with van der Waals surface area (Å²) in [6.07, 6.45) is 0. The number of aromatic nitrogens is 4. The second kappa shape index (κ2) is 5.56. The quantitative estimate of drug-likeness (QED) is 0.461. The molecule has 0 saturated heterocycles. The number of hydrogen-bond donors (Lipinski definition) is 2. The van der Waals surface area contributed by atoms with Crippen LogP contribution in [0.2, 0.25) is 0 Å². The number of para-hydroxylation sites is 4. The molecule has 5 aromatic rings. The van der Waals surface area contributed by atoms with E-state index in [2.05, 4.69) is 106 Å². The number of aromatic amines is 2. The maximum absolute atomic E-state index is 3.55. The van der Waals surface area contributed by atoms with Gasteiger partial charge in [0.25, 0.3) is 11.6 Å². The SMILES string of the molecule is C[n+]1c(-c2cccc(-c3[nH]c4ccccc4[n+]3C)c2)[nH]c2ccccc21. The average Bonchev–Trinajstić information content (AvgIpc) is 3.20. The molecule has 2 aromatic heterocycles. The highest BCUT2D eigenvalue weighted by Crippen LogP contribution is 2.24. The monoisotopic (exact) mass is 340 g/mol. The number of hydrogen-bond acceptors (Lipinski definition) is 0. The Bertz CT molecular complexity index is 1160. The normalized spacial score (nSPS) is 11.5. The van der Waals surface area contributed by atoms with E-state index in [1.54, 1.807) is 0 Å². The van der Waals surface area contributed by atoms with Crippen LogP contribution in [0.3, 0.4) is 0 Å². The lowest BCUT2D eigenvalue weighted by Crippen LogP contribution is -2.29. The summed E-state index contributed by atoms with van der Waals surface area (Å²) in [7, 11) is 4.20. The van der Waals surface area contributed by atoms with Crippen LogP contribution in [0, 0.1) is 0 Å². The molecular formula is C22H20N4+2. The predicted octanol–water partition coefficient (Wildman–Crippen LogP) is 3.63. The molecule has 2 heterocycles. The molecule has 5 rings (SSSR count). The Kier molecular flexibility index (Phi) is 3.19. The lowest BCUT2D eigenvalue weighted by atomic mass is 10.1. The van der Waals surface area contributed by atoms with Crippen LogP contribution in [0.15, 0.2) is 72.8 Å². The van der Waals surface area contributed by atoms with Crippen LogP contribution in [0.4, 0.5) is 0 Å². The van der Waals surface area contributed by atoms with Crippen molar-refractivity contribution in [3.63, 3.8) is 0 Å². The summed E-state index contributed by atoms with van der Waals surface area (Å²) in [4.78, 5) is 7.09. The lowest BCUT2D eigenvalue weighted by Gasteiger charge is -2.00. The number of imidazole rings is 2. The number of nitrogens with one attached hydrogen (secondary N) is 2. The second-order valence-electron chi connectivity index (χ2n) is 6.68. The Morgan fingerprint density at radius 1 is 0.577 bits per heavy atom. The Balaban J connectivity index is 1.69. The van der Waals surface area contributed by atoms with Crippen LogP contribution in [0.25, 0.3) is 44.8 Å². The molecule has 0 aliphatic carbocycles. The molecule has 0 aliphatic rings. The molecule has 0 fully saturated rings. The van der Waals surface area contributed by atoms with Crippen molar-refractivity contribution < 1.29 is 9.13 Å². The molecule has 0 amide bonds. The van der Waals surface area contributed by atoms with Crippen molar-refractivity contribution in [2.75, 3.05) is 0 Å². The molecule has 0 bridgehead atoms. The Morgan fingerprint density at radius 3 is 1.50 bits per heavy atom. The summed E-state index contributed by atoms with van der Waals surface area (Å²) in [6, 6.07) is 25.4. The summed E-state index contributed by atoms with van der Waals surface area (Å²) in [6.45, 7) is 0. The molecule has 0 radical (unpaired) electrons. The molecule has 0 unspecified atom stereocenters. The molecule has 3 aromatic carbocycles. The molecule has 0 spiro atoms. The minimum atomic E-state index is 1.10. The molecule has 4 nitrogen and oxygen atoms in total. The zero-order valence-electron chi connectivity index (χ0n) is 14.8. The number of fused-ring (bicyclic) bond motifs is 2. The van der Waals surface area contributed by atoms with Crippen molar-refractivity contribution in [3.8, 4) is 22.8 Å². The third-order valence-corrected chi connectivity index (χ3v) is 5.12. The topological polar surface area (TPSA) is 39.3 Å². The van der Waals surface area contributed by atoms with E-state index in [4.69, 9.17) is 0 Å². The van der Waals surface area contributed by atoms with Gasteiger partial charge in [-0.3, -0.25) is 0 Å². The van der Waals surface area contributed by atoms with Gasteiger partial charge in [-0.2, -0.15) is 0 Å². The number of nitrogens with zero attached hydrogens (tertiary/aromatic N) is 2. The van der Waals surface area contributed by atoms with Gasteiger partial charge in [-0.1, -0.05) is 30.3 Å². The fourth-order valence-electron chi connectivity index (χ4n) is 3.75. The number of rotatable bonds is 2. The molecule has 0 aliphatic heterocycles. The van der Waals surface area contributed by atoms with Crippen LogP contribution in [-0.2, 0) is 14.1 Å². The lowest BCUT2D eigenvalue weighted by molar-refractivity contribution is -0.633. The van der Waals surface area contributed by atoms with Gasteiger partial charge in [0, 0.05) is 0 Å². The van der Waals surface area contributed by atoms with Crippen molar-refractivity contribution in [1.82, 2.24) is 9.97 Å². The van der Waals surface area contributed by atoms with Crippen molar-refractivity contribution >= 4 is 22.1 Å². The van der Waals surface area contributed by atoms with Gasteiger partial charge in [-0.05, 0) is 42.5 Å². The maximum Gasteiger partial charge on any atom is 0.287 e. The van der Waals surface area contributed by atoms with Crippen LogP contribution in [0.5, 0.6) is 0 Å². The van der Waals surface area contributed by atoms with Crippen LogP contribution in [0.1, 0.15) is 0 Å². The molecule has 0 atom stereocenters. The Morgan fingerprint density at radius 2 is 1.04 bits per heavy atom. The molecule has 0 saturated carbocycles.